The maximum atomic E-state index is 11.8. The van der Waals surface area contributed by atoms with Gasteiger partial charge in [-0.25, -0.2) is 13.4 Å². The summed E-state index contributed by atoms with van der Waals surface area (Å²) in [6, 6.07) is 5.65. The molecule has 0 saturated carbocycles. The summed E-state index contributed by atoms with van der Waals surface area (Å²) < 4.78 is 36.1. The van der Waals surface area contributed by atoms with E-state index in [1.54, 1.807) is 0 Å². The highest BCUT2D eigenvalue weighted by Crippen LogP contribution is 2.29. The van der Waals surface area contributed by atoms with Crippen LogP contribution in [0.3, 0.4) is 0 Å². The lowest BCUT2D eigenvalue weighted by molar-refractivity contribution is -0.00467. The zero-order chi connectivity index (χ0) is 17.3. The van der Waals surface area contributed by atoms with Crippen LogP contribution in [0.2, 0.25) is 0 Å². The second-order valence-electron chi connectivity index (χ2n) is 5.85. The predicted molar refractivity (Wildman–Crippen MR) is 89.0 cm³/mol. The number of pyridine rings is 1. The first-order valence-corrected chi connectivity index (χ1v) is 9.74. The maximum absolute atomic E-state index is 11.8. The van der Waals surface area contributed by atoms with Crippen LogP contribution in [0.4, 0.5) is 0 Å². The molecule has 2 aromatic rings. The molecule has 3 rings (SSSR count). The fraction of sp³-hybridized carbons (Fsp3) is 0.500. The molecule has 0 radical (unpaired) electrons. The molecular weight excluding hydrogens is 330 g/mol. The van der Waals surface area contributed by atoms with Gasteiger partial charge in [0.25, 0.3) is 0 Å². The number of nitrogens with zero attached hydrogens (tertiary/aromatic N) is 3. The molecule has 24 heavy (non-hydrogen) atoms. The van der Waals surface area contributed by atoms with E-state index in [9.17, 15) is 8.42 Å². The minimum absolute atomic E-state index is 0.276. The second-order valence-corrected chi connectivity index (χ2v) is 7.83. The fourth-order valence-electron chi connectivity index (χ4n) is 2.86. The van der Waals surface area contributed by atoms with E-state index in [0.717, 1.165) is 29.1 Å². The minimum atomic E-state index is -3.24. The first kappa shape index (κ1) is 17.1. The van der Waals surface area contributed by atoms with Crippen molar-refractivity contribution >= 4 is 10.0 Å². The first-order chi connectivity index (χ1) is 11.4. The van der Waals surface area contributed by atoms with Gasteiger partial charge in [-0.3, -0.25) is 0 Å². The van der Waals surface area contributed by atoms with Crippen LogP contribution >= 0.6 is 0 Å². The van der Waals surface area contributed by atoms with Crippen LogP contribution in [-0.4, -0.2) is 48.8 Å². The van der Waals surface area contributed by atoms with Gasteiger partial charge >= 0.3 is 0 Å². The Morgan fingerprint density at radius 3 is 2.88 bits per heavy atom. The lowest BCUT2D eigenvalue weighted by Gasteiger charge is -2.31. The summed E-state index contributed by atoms with van der Waals surface area (Å²) in [5.41, 5.74) is 3.17. The lowest BCUT2D eigenvalue weighted by atomic mass is 10.1. The Labute approximate surface area is 141 Å². The van der Waals surface area contributed by atoms with Crippen LogP contribution in [-0.2, 0) is 21.2 Å². The van der Waals surface area contributed by atoms with E-state index >= 15 is 0 Å². The molecule has 0 aromatic carbocycles. The van der Waals surface area contributed by atoms with Crippen molar-refractivity contribution in [2.45, 2.75) is 26.4 Å². The zero-order valence-corrected chi connectivity index (χ0v) is 14.8. The number of aryl methyl sites for hydroxylation is 2. The minimum Gasteiger partial charge on any atom is -0.369 e. The van der Waals surface area contributed by atoms with E-state index in [-0.39, 0.29) is 12.6 Å². The third-order valence-electron chi connectivity index (χ3n) is 4.11. The van der Waals surface area contributed by atoms with Crippen LogP contribution in [0, 0.1) is 6.92 Å². The van der Waals surface area contributed by atoms with Crippen molar-refractivity contribution in [1.82, 2.24) is 14.4 Å². The average molecular weight is 351 g/mol. The number of sulfonamides is 1. The summed E-state index contributed by atoms with van der Waals surface area (Å²) in [6.45, 7) is 4.89. The van der Waals surface area contributed by atoms with Gasteiger partial charge < -0.3 is 9.26 Å². The highest BCUT2D eigenvalue weighted by Gasteiger charge is 2.28. The lowest BCUT2D eigenvalue weighted by Crippen LogP contribution is -2.41. The summed E-state index contributed by atoms with van der Waals surface area (Å²) in [7, 11) is -3.24. The van der Waals surface area contributed by atoms with E-state index < -0.39 is 10.0 Å². The monoisotopic (exact) mass is 351 g/mol. The standard InChI is InChI=1S/C16H21N3O4S/c1-4-14-16(11(2)18-23-14)13-7-5-6-12(17-13)15-10-19(8-9-22-15)24(3,20)21/h5-7,15H,4,8-10H2,1-3H3/t15-/m1/s1. The molecule has 0 bridgehead atoms. The van der Waals surface area contributed by atoms with Crippen LogP contribution in [0.15, 0.2) is 22.7 Å². The number of rotatable bonds is 4. The molecule has 1 fully saturated rings. The highest BCUT2D eigenvalue weighted by atomic mass is 32.2. The number of hydrogen-bond donors (Lipinski definition) is 0. The molecule has 0 aliphatic carbocycles. The van der Waals surface area contributed by atoms with Gasteiger partial charge in [0.2, 0.25) is 10.0 Å². The topological polar surface area (TPSA) is 85.5 Å². The second kappa shape index (κ2) is 6.62. The molecule has 1 atom stereocenters. The number of aromatic nitrogens is 2. The molecule has 1 aliphatic heterocycles. The van der Waals surface area contributed by atoms with Crippen LogP contribution < -0.4 is 0 Å². The fourth-order valence-corrected chi connectivity index (χ4v) is 3.67. The van der Waals surface area contributed by atoms with E-state index in [2.05, 4.69) is 10.1 Å². The van der Waals surface area contributed by atoms with Crippen molar-refractivity contribution in [2.24, 2.45) is 0 Å². The van der Waals surface area contributed by atoms with Crippen molar-refractivity contribution in [3.63, 3.8) is 0 Å². The summed E-state index contributed by atoms with van der Waals surface area (Å²) >= 11 is 0. The van der Waals surface area contributed by atoms with Gasteiger partial charge in [0.15, 0.2) is 0 Å². The first-order valence-electron chi connectivity index (χ1n) is 7.89. The Morgan fingerprint density at radius 2 is 2.17 bits per heavy atom. The number of morpholine rings is 1. The van der Waals surface area contributed by atoms with E-state index in [4.69, 9.17) is 9.26 Å². The van der Waals surface area contributed by atoms with Crippen molar-refractivity contribution in [3.8, 4) is 11.3 Å². The summed E-state index contributed by atoms with van der Waals surface area (Å²) in [5.74, 6) is 0.791. The molecule has 0 unspecified atom stereocenters. The summed E-state index contributed by atoms with van der Waals surface area (Å²) in [4.78, 5) is 4.68. The van der Waals surface area contributed by atoms with Crippen LogP contribution in [0.25, 0.3) is 11.3 Å². The average Bonchev–Trinajstić information content (AvgIpc) is 2.95. The predicted octanol–water partition coefficient (Wildman–Crippen LogP) is 1.94. The van der Waals surface area contributed by atoms with E-state index in [0.29, 0.717) is 18.8 Å². The van der Waals surface area contributed by atoms with Gasteiger partial charge in [0.05, 0.1) is 35.5 Å². The summed E-state index contributed by atoms with van der Waals surface area (Å²) in [6.07, 6.45) is 1.57. The van der Waals surface area contributed by atoms with Crippen molar-refractivity contribution < 1.29 is 17.7 Å². The third-order valence-corrected chi connectivity index (χ3v) is 5.38. The van der Waals surface area contributed by atoms with Crippen molar-refractivity contribution in [1.29, 1.82) is 0 Å². The molecule has 0 N–H and O–H groups in total. The summed E-state index contributed by atoms with van der Waals surface area (Å²) in [5, 5.41) is 4.02. The Bertz CT molecular complexity index is 832. The van der Waals surface area contributed by atoms with Gasteiger partial charge in [0, 0.05) is 19.5 Å². The molecule has 2 aromatic heterocycles. The molecule has 7 nitrogen and oxygen atoms in total. The Balaban J connectivity index is 1.92. The molecule has 1 aliphatic rings. The van der Waals surface area contributed by atoms with Crippen LogP contribution in [0.5, 0.6) is 0 Å². The largest absolute Gasteiger partial charge is 0.369 e. The SMILES string of the molecule is CCc1onc(C)c1-c1cccc([C@H]2CN(S(C)(=O)=O)CCO2)n1. The molecule has 0 spiro atoms. The normalized spacial score (nSPS) is 19.5. The molecule has 130 valence electrons. The van der Waals surface area contributed by atoms with Crippen LogP contribution in [0.1, 0.15) is 30.2 Å². The van der Waals surface area contributed by atoms with Gasteiger partial charge in [0.1, 0.15) is 11.9 Å². The smallest absolute Gasteiger partial charge is 0.211 e. The van der Waals surface area contributed by atoms with Gasteiger partial charge in [-0.2, -0.15) is 4.31 Å². The van der Waals surface area contributed by atoms with Gasteiger partial charge in [-0.05, 0) is 19.1 Å². The molecular formula is C16H21N3O4S. The Kier molecular flexibility index (Phi) is 4.71. The van der Waals surface area contributed by atoms with E-state index in [1.165, 1.54) is 10.6 Å². The van der Waals surface area contributed by atoms with Gasteiger partial charge in [-0.15, -0.1) is 0 Å². The maximum Gasteiger partial charge on any atom is 0.211 e. The van der Waals surface area contributed by atoms with Gasteiger partial charge in [-0.1, -0.05) is 18.1 Å². The molecule has 3 heterocycles. The number of hydrogen-bond acceptors (Lipinski definition) is 6. The third kappa shape index (κ3) is 3.35. The number of ether oxygens (including phenoxy) is 1. The van der Waals surface area contributed by atoms with Crippen molar-refractivity contribution in [3.05, 3.63) is 35.3 Å². The van der Waals surface area contributed by atoms with Crippen molar-refractivity contribution in [2.75, 3.05) is 26.0 Å². The zero-order valence-electron chi connectivity index (χ0n) is 14.0. The highest BCUT2D eigenvalue weighted by molar-refractivity contribution is 7.88. The van der Waals surface area contributed by atoms with E-state index in [1.807, 2.05) is 32.0 Å². The Morgan fingerprint density at radius 1 is 1.38 bits per heavy atom. The quantitative estimate of drug-likeness (QED) is 0.837. The Hall–Kier alpha value is -1.77. The molecule has 1 saturated heterocycles. The molecule has 8 heteroatoms. The molecule has 0 amide bonds.